The first-order valence-corrected chi connectivity index (χ1v) is 25.2. The molecule has 2 amide bonds. The lowest BCUT2D eigenvalue weighted by atomic mass is 10.0. The molecule has 2 saturated heterocycles. The lowest BCUT2D eigenvalue weighted by Crippen LogP contribution is -2.47. The van der Waals surface area contributed by atoms with E-state index in [0.717, 1.165) is 85.0 Å². The van der Waals surface area contributed by atoms with Gasteiger partial charge >= 0.3 is 0 Å². The molecule has 0 atom stereocenters. The molecule has 2 aliphatic rings. The third kappa shape index (κ3) is 33.5. The number of carbonyl (C=O) groups is 2. The number of hydrogen-bond donors (Lipinski definition) is 1. The number of nitrogens with zero attached hydrogens (tertiary/aromatic N) is 6. The van der Waals surface area contributed by atoms with Crippen LogP contribution in [0.5, 0.6) is 0 Å². The van der Waals surface area contributed by atoms with Gasteiger partial charge in [0, 0.05) is 84.9 Å². The standard InChI is InChI=1S/C27H55N3O2.C22H45N3O/c1-28(21-19-27(32)30-24-22-29(2)23-25-30)20-17-15-13-11-9-7-5-3-4-6-8-10-12-14-16-18-26-31;1-4-5-6-7-8-9-10-11-12-13-14-16-23(2)17-15-22(26)25-20-18-24(3)19-21-25/h31H,3-26H2,1-2H3;4-21H2,1-3H3. The van der Waals surface area contributed by atoms with E-state index in [1.165, 1.54) is 167 Å². The Labute approximate surface area is 361 Å². The molecular formula is C49H100N6O3. The van der Waals surface area contributed by atoms with E-state index in [4.69, 9.17) is 5.11 Å². The monoisotopic (exact) mass is 821 g/mol. The molecule has 0 saturated carbocycles. The van der Waals surface area contributed by atoms with Crippen molar-refractivity contribution in [2.75, 3.05) is 113 Å². The molecule has 344 valence electrons. The second kappa shape index (κ2) is 39.9. The molecule has 9 heteroatoms. The highest BCUT2D eigenvalue weighted by atomic mass is 16.3. The van der Waals surface area contributed by atoms with Gasteiger partial charge in [0.25, 0.3) is 0 Å². The Kier molecular flexibility index (Phi) is 37.6. The van der Waals surface area contributed by atoms with E-state index in [1.54, 1.807) is 0 Å². The van der Waals surface area contributed by atoms with Gasteiger partial charge in [0.1, 0.15) is 0 Å². The van der Waals surface area contributed by atoms with Crippen LogP contribution in [0.2, 0.25) is 0 Å². The lowest BCUT2D eigenvalue weighted by Gasteiger charge is -2.32. The fourth-order valence-corrected chi connectivity index (χ4v) is 8.24. The average molecular weight is 821 g/mol. The fraction of sp³-hybridized carbons (Fsp3) is 0.959. The van der Waals surface area contributed by atoms with Crippen LogP contribution < -0.4 is 0 Å². The molecule has 0 bridgehead atoms. The Morgan fingerprint density at radius 1 is 0.397 bits per heavy atom. The van der Waals surface area contributed by atoms with Crippen molar-refractivity contribution < 1.29 is 14.7 Å². The van der Waals surface area contributed by atoms with Crippen molar-refractivity contribution >= 4 is 11.8 Å². The normalized spacial score (nSPS) is 15.4. The van der Waals surface area contributed by atoms with Gasteiger partial charge in [-0.25, -0.2) is 0 Å². The van der Waals surface area contributed by atoms with Crippen LogP contribution in [0, 0.1) is 0 Å². The number of unbranched alkanes of at least 4 members (excludes halogenated alkanes) is 25. The van der Waals surface area contributed by atoms with E-state index in [-0.39, 0.29) is 0 Å². The first-order valence-electron chi connectivity index (χ1n) is 25.2. The molecular weight excluding hydrogens is 721 g/mol. The van der Waals surface area contributed by atoms with Gasteiger partial charge in [-0.3, -0.25) is 9.59 Å². The smallest absolute Gasteiger partial charge is 0.223 e. The molecule has 2 rings (SSSR count). The Balaban J connectivity index is 0.000000593. The second-order valence-electron chi connectivity index (χ2n) is 18.4. The van der Waals surface area contributed by atoms with Gasteiger partial charge in [-0.05, 0) is 60.5 Å². The number of hydrogen-bond acceptors (Lipinski definition) is 7. The molecule has 0 aromatic rings. The Morgan fingerprint density at radius 3 is 0.931 bits per heavy atom. The topological polar surface area (TPSA) is 73.8 Å². The zero-order chi connectivity index (χ0) is 42.3. The highest BCUT2D eigenvalue weighted by Crippen LogP contribution is 2.15. The SMILES string of the molecule is CCCCCCCCCCCCCN(C)CCC(=O)N1CCN(C)CC1.CN(CCCCCCCCCCCCCCCCCCO)CCC(=O)N1CCN(C)CC1. The van der Waals surface area contributed by atoms with Gasteiger partial charge in [0.15, 0.2) is 0 Å². The molecule has 2 heterocycles. The van der Waals surface area contributed by atoms with Crippen molar-refractivity contribution in [3.63, 3.8) is 0 Å². The molecule has 0 aromatic heterocycles. The molecule has 0 spiro atoms. The largest absolute Gasteiger partial charge is 0.396 e. The predicted octanol–water partition coefficient (Wildman–Crippen LogP) is 9.71. The molecule has 9 nitrogen and oxygen atoms in total. The number of carbonyl (C=O) groups excluding carboxylic acids is 2. The van der Waals surface area contributed by atoms with Crippen molar-refractivity contribution in [2.45, 2.75) is 193 Å². The number of rotatable bonds is 36. The molecule has 2 fully saturated rings. The molecule has 0 unspecified atom stereocenters. The van der Waals surface area contributed by atoms with Crippen molar-refractivity contribution in [1.82, 2.24) is 29.4 Å². The van der Waals surface area contributed by atoms with E-state index >= 15 is 0 Å². The quantitative estimate of drug-likeness (QED) is 0.0632. The maximum Gasteiger partial charge on any atom is 0.223 e. The van der Waals surface area contributed by atoms with E-state index in [9.17, 15) is 9.59 Å². The first kappa shape index (κ1) is 54.8. The highest BCUT2D eigenvalue weighted by Gasteiger charge is 2.20. The van der Waals surface area contributed by atoms with E-state index in [0.29, 0.717) is 31.3 Å². The molecule has 0 aromatic carbocycles. The zero-order valence-corrected chi connectivity index (χ0v) is 39.6. The van der Waals surface area contributed by atoms with Gasteiger partial charge in [0.2, 0.25) is 11.8 Å². The van der Waals surface area contributed by atoms with Crippen LogP contribution in [0.15, 0.2) is 0 Å². The summed E-state index contributed by atoms with van der Waals surface area (Å²) in [6.45, 7) is 14.3. The second-order valence-corrected chi connectivity index (χ2v) is 18.4. The number of amides is 2. The molecule has 58 heavy (non-hydrogen) atoms. The predicted molar refractivity (Wildman–Crippen MR) is 250 cm³/mol. The van der Waals surface area contributed by atoms with Crippen LogP contribution in [-0.2, 0) is 9.59 Å². The van der Waals surface area contributed by atoms with Gasteiger partial charge < -0.3 is 34.5 Å². The highest BCUT2D eigenvalue weighted by molar-refractivity contribution is 5.76. The minimum Gasteiger partial charge on any atom is -0.396 e. The summed E-state index contributed by atoms with van der Waals surface area (Å²) in [7, 11) is 8.58. The van der Waals surface area contributed by atoms with Crippen molar-refractivity contribution in [1.29, 1.82) is 0 Å². The van der Waals surface area contributed by atoms with Crippen LogP contribution in [0.25, 0.3) is 0 Å². The summed E-state index contributed by atoms with van der Waals surface area (Å²) >= 11 is 0. The van der Waals surface area contributed by atoms with Crippen molar-refractivity contribution in [2.24, 2.45) is 0 Å². The van der Waals surface area contributed by atoms with Crippen LogP contribution in [0.4, 0.5) is 0 Å². The summed E-state index contributed by atoms with van der Waals surface area (Å²) in [5.41, 5.74) is 0. The summed E-state index contributed by atoms with van der Waals surface area (Å²) in [4.78, 5) is 37.9. The fourth-order valence-electron chi connectivity index (χ4n) is 8.24. The van der Waals surface area contributed by atoms with E-state index in [1.807, 2.05) is 9.80 Å². The number of aliphatic hydroxyl groups excluding tert-OH is 1. The minimum absolute atomic E-state index is 0.333. The summed E-state index contributed by atoms with van der Waals surface area (Å²) in [6, 6.07) is 0. The number of likely N-dealkylation sites (N-methyl/N-ethyl adjacent to an activating group) is 2. The van der Waals surface area contributed by atoms with Crippen molar-refractivity contribution in [3.8, 4) is 0 Å². The molecule has 0 radical (unpaired) electrons. The zero-order valence-electron chi connectivity index (χ0n) is 39.6. The Morgan fingerprint density at radius 2 is 0.655 bits per heavy atom. The average Bonchev–Trinajstić information content (AvgIpc) is 3.23. The Bertz CT molecular complexity index is 909. The van der Waals surface area contributed by atoms with Gasteiger partial charge in [-0.2, -0.15) is 0 Å². The summed E-state index contributed by atoms with van der Waals surface area (Å²) in [6.07, 6.45) is 38.1. The maximum atomic E-state index is 12.3. The summed E-state index contributed by atoms with van der Waals surface area (Å²) in [5.74, 6) is 0.670. The molecule has 2 aliphatic heterocycles. The molecule has 1 N–H and O–H groups in total. The van der Waals surface area contributed by atoms with Gasteiger partial charge in [-0.15, -0.1) is 0 Å². The van der Waals surface area contributed by atoms with E-state index < -0.39 is 0 Å². The van der Waals surface area contributed by atoms with Crippen LogP contribution in [-0.4, -0.2) is 160 Å². The minimum atomic E-state index is 0.333. The molecule has 0 aliphatic carbocycles. The third-order valence-electron chi connectivity index (χ3n) is 12.7. The van der Waals surface area contributed by atoms with Crippen LogP contribution in [0.3, 0.4) is 0 Å². The van der Waals surface area contributed by atoms with Gasteiger partial charge in [-0.1, -0.05) is 161 Å². The third-order valence-corrected chi connectivity index (χ3v) is 12.7. The van der Waals surface area contributed by atoms with Crippen LogP contribution in [0.1, 0.15) is 193 Å². The van der Waals surface area contributed by atoms with E-state index in [2.05, 4.69) is 54.7 Å². The Hall–Kier alpha value is -1.26. The lowest BCUT2D eigenvalue weighted by molar-refractivity contribution is -0.133. The summed E-state index contributed by atoms with van der Waals surface area (Å²) < 4.78 is 0. The maximum absolute atomic E-state index is 12.3. The van der Waals surface area contributed by atoms with Gasteiger partial charge in [0.05, 0.1) is 0 Å². The van der Waals surface area contributed by atoms with Crippen LogP contribution >= 0.6 is 0 Å². The number of aliphatic hydroxyl groups is 1. The first-order chi connectivity index (χ1) is 28.3. The number of piperazine rings is 2. The van der Waals surface area contributed by atoms with Crippen molar-refractivity contribution in [3.05, 3.63) is 0 Å². The summed E-state index contributed by atoms with van der Waals surface area (Å²) in [5, 5.41) is 8.76.